The Bertz CT molecular complexity index is 626. The Hall–Kier alpha value is -1.40. The van der Waals surface area contributed by atoms with Crippen molar-refractivity contribution >= 4 is 23.4 Å². The van der Waals surface area contributed by atoms with Crippen LogP contribution in [0.15, 0.2) is 18.2 Å². The summed E-state index contributed by atoms with van der Waals surface area (Å²) in [7, 11) is 0. The van der Waals surface area contributed by atoms with E-state index in [1.807, 2.05) is 0 Å². The summed E-state index contributed by atoms with van der Waals surface area (Å²) in [6.45, 7) is 5.83. The van der Waals surface area contributed by atoms with E-state index < -0.39 is 29.6 Å². The fraction of sp³-hybridized carbons (Fsp3) is 0.562. The van der Waals surface area contributed by atoms with Gasteiger partial charge in [0.1, 0.15) is 5.60 Å². The minimum Gasteiger partial charge on any atom is -0.443 e. The number of benzene rings is 1. The minimum atomic E-state index is -3.41. The molecule has 1 heterocycles. The van der Waals surface area contributed by atoms with Crippen molar-refractivity contribution in [3.8, 4) is 0 Å². The zero-order valence-corrected chi connectivity index (χ0v) is 14.2. The largest absolute Gasteiger partial charge is 0.443 e. The lowest BCUT2D eigenvalue weighted by Crippen LogP contribution is -2.42. The van der Waals surface area contributed by atoms with Gasteiger partial charge in [-0.1, -0.05) is 11.6 Å². The molecule has 0 aromatic heterocycles. The smallest absolute Gasteiger partial charge is 0.414 e. The second kappa shape index (κ2) is 5.60. The Morgan fingerprint density at radius 3 is 2.57 bits per heavy atom. The molecule has 0 bridgehead atoms. The number of aliphatic hydroxyl groups is 1. The Morgan fingerprint density at radius 2 is 2.00 bits per heavy atom. The molecule has 0 unspecified atom stereocenters. The number of hydrogen-bond acceptors (Lipinski definition) is 3. The first-order valence-electron chi connectivity index (χ1n) is 7.26. The van der Waals surface area contributed by atoms with Gasteiger partial charge in [0.15, 0.2) is 5.60 Å². The van der Waals surface area contributed by atoms with Gasteiger partial charge in [-0.2, -0.15) is 0 Å². The number of amides is 1. The number of fused-ring (bicyclic) bond motifs is 1. The highest BCUT2D eigenvalue weighted by atomic mass is 35.5. The minimum absolute atomic E-state index is 0.0987. The number of anilines is 1. The highest BCUT2D eigenvalue weighted by molar-refractivity contribution is 6.30. The van der Waals surface area contributed by atoms with Gasteiger partial charge in [-0.05, 0) is 45.9 Å². The molecule has 2 rings (SSSR count). The van der Waals surface area contributed by atoms with Gasteiger partial charge in [-0.3, -0.25) is 4.90 Å². The van der Waals surface area contributed by atoms with Crippen molar-refractivity contribution in [1.29, 1.82) is 0 Å². The van der Waals surface area contributed by atoms with Crippen molar-refractivity contribution in [3.63, 3.8) is 0 Å². The fourth-order valence-electron chi connectivity index (χ4n) is 2.45. The maximum atomic E-state index is 14.4. The highest BCUT2D eigenvalue weighted by Crippen LogP contribution is 2.47. The molecule has 1 aliphatic heterocycles. The molecular weight excluding hydrogens is 328 g/mol. The molecule has 1 aromatic rings. The normalized spacial score (nSPS) is 23.9. The summed E-state index contributed by atoms with van der Waals surface area (Å²) in [5.41, 5.74) is -3.13. The van der Waals surface area contributed by atoms with Crippen molar-refractivity contribution in [1.82, 2.24) is 0 Å². The van der Waals surface area contributed by atoms with Gasteiger partial charge in [0, 0.05) is 23.6 Å². The SMILES string of the molecule is CC(C)(C)OC(=O)N1CCC(F)(F)[C@](C)(O)c2cc(Cl)ccc21. The maximum Gasteiger partial charge on any atom is 0.414 e. The molecule has 0 saturated carbocycles. The van der Waals surface area contributed by atoms with E-state index in [4.69, 9.17) is 16.3 Å². The van der Waals surface area contributed by atoms with Crippen LogP contribution in [0.25, 0.3) is 0 Å². The lowest BCUT2D eigenvalue weighted by molar-refractivity contribution is -0.177. The van der Waals surface area contributed by atoms with E-state index in [0.29, 0.717) is 0 Å². The van der Waals surface area contributed by atoms with Gasteiger partial charge in [-0.15, -0.1) is 0 Å². The summed E-state index contributed by atoms with van der Waals surface area (Å²) in [5.74, 6) is -3.41. The van der Waals surface area contributed by atoms with Crippen molar-refractivity contribution in [2.24, 2.45) is 0 Å². The first-order chi connectivity index (χ1) is 10.3. The number of nitrogens with zero attached hydrogens (tertiary/aromatic N) is 1. The molecule has 1 N–H and O–H groups in total. The maximum absolute atomic E-state index is 14.4. The molecule has 0 aliphatic carbocycles. The molecule has 1 aliphatic rings. The average Bonchev–Trinajstić information content (AvgIpc) is 2.44. The van der Waals surface area contributed by atoms with Crippen LogP contribution in [0.3, 0.4) is 0 Å². The van der Waals surface area contributed by atoms with Gasteiger partial charge < -0.3 is 9.84 Å². The van der Waals surface area contributed by atoms with Gasteiger partial charge in [-0.25, -0.2) is 13.6 Å². The van der Waals surface area contributed by atoms with Crippen LogP contribution < -0.4 is 4.90 Å². The zero-order chi connectivity index (χ0) is 17.6. The van der Waals surface area contributed by atoms with Crippen LogP contribution >= 0.6 is 11.6 Å². The summed E-state index contributed by atoms with van der Waals surface area (Å²) in [6.07, 6.45) is -1.43. The molecule has 128 valence electrons. The van der Waals surface area contributed by atoms with Crippen molar-refractivity contribution in [2.45, 2.75) is 51.2 Å². The van der Waals surface area contributed by atoms with E-state index >= 15 is 0 Å². The molecule has 1 aromatic carbocycles. The Kier molecular flexibility index (Phi) is 4.37. The average molecular weight is 348 g/mol. The van der Waals surface area contributed by atoms with E-state index in [1.54, 1.807) is 20.8 Å². The third-order valence-electron chi connectivity index (χ3n) is 3.75. The topological polar surface area (TPSA) is 49.8 Å². The van der Waals surface area contributed by atoms with E-state index in [0.717, 1.165) is 11.8 Å². The van der Waals surface area contributed by atoms with Gasteiger partial charge in [0.25, 0.3) is 5.92 Å². The van der Waals surface area contributed by atoms with Gasteiger partial charge in [0.05, 0.1) is 5.69 Å². The monoisotopic (exact) mass is 347 g/mol. The number of ether oxygens (including phenoxy) is 1. The van der Waals surface area contributed by atoms with Crippen LogP contribution in [0.4, 0.5) is 19.3 Å². The van der Waals surface area contributed by atoms with Crippen LogP contribution in [0.5, 0.6) is 0 Å². The summed E-state index contributed by atoms with van der Waals surface area (Å²) >= 11 is 5.89. The number of halogens is 3. The third kappa shape index (κ3) is 3.43. The van der Waals surface area contributed by atoms with Crippen LogP contribution in [0.1, 0.15) is 39.7 Å². The summed E-state index contributed by atoms with van der Waals surface area (Å²) < 4.78 is 34.0. The lowest BCUT2D eigenvalue weighted by atomic mass is 9.87. The summed E-state index contributed by atoms with van der Waals surface area (Å²) in [6, 6.07) is 4.18. The molecular formula is C16H20ClF2NO3. The predicted molar refractivity (Wildman–Crippen MR) is 84.2 cm³/mol. The van der Waals surface area contributed by atoms with Crippen LogP contribution in [-0.2, 0) is 10.3 Å². The highest BCUT2D eigenvalue weighted by Gasteiger charge is 2.54. The van der Waals surface area contributed by atoms with Crippen LogP contribution in [0.2, 0.25) is 5.02 Å². The number of carbonyl (C=O) groups excluding carboxylic acids is 1. The van der Waals surface area contributed by atoms with E-state index in [-0.39, 0.29) is 22.8 Å². The number of carbonyl (C=O) groups is 1. The van der Waals surface area contributed by atoms with E-state index in [1.165, 1.54) is 18.2 Å². The quantitative estimate of drug-likeness (QED) is 0.760. The standard InChI is InChI=1S/C16H20ClF2NO3/c1-14(2,3)23-13(21)20-8-7-16(18,19)15(4,22)11-9-10(17)5-6-12(11)20/h5-6,9,22H,7-8H2,1-4H3/t15-/m1/s1. The third-order valence-corrected chi connectivity index (χ3v) is 3.98. The van der Waals surface area contributed by atoms with Gasteiger partial charge >= 0.3 is 6.09 Å². The summed E-state index contributed by atoms with van der Waals surface area (Å²) in [4.78, 5) is 13.5. The number of alkyl halides is 2. The second-order valence-electron chi connectivity index (χ2n) is 6.82. The molecule has 1 atom stereocenters. The summed E-state index contributed by atoms with van der Waals surface area (Å²) in [5, 5.41) is 10.6. The van der Waals surface area contributed by atoms with Crippen LogP contribution in [0, 0.1) is 0 Å². The molecule has 0 fully saturated rings. The predicted octanol–water partition coefficient (Wildman–Crippen LogP) is 4.33. The number of rotatable bonds is 0. The Balaban J connectivity index is 2.55. The number of hydrogen-bond donors (Lipinski definition) is 1. The van der Waals surface area contributed by atoms with Crippen molar-refractivity contribution < 1.29 is 23.4 Å². The van der Waals surface area contributed by atoms with Crippen molar-refractivity contribution in [2.75, 3.05) is 11.4 Å². The molecule has 0 spiro atoms. The van der Waals surface area contributed by atoms with E-state index in [9.17, 15) is 18.7 Å². The Morgan fingerprint density at radius 1 is 1.39 bits per heavy atom. The Labute approximate surface area is 139 Å². The van der Waals surface area contributed by atoms with Crippen LogP contribution in [-0.4, -0.2) is 29.3 Å². The molecule has 7 heteroatoms. The molecule has 23 heavy (non-hydrogen) atoms. The molecule has 1 amide bonds. The van der Waals surface area contributed by atoms with E-state index in [2.05, 4.69) is 0 Å². The molecule has 0 saturated heterocycles. The van der Waals surface area contributed by atoms with Gasteiger partial charge in [0.2, 0.25) is 0 Å². The first-order valence-corrected chi connectivity index (χ1v) is 7.64. The molecule has 0 radical (unpaired) electrons. The fourth-order valence-corrected chi connectivity index (χ4v) is 2.63. The van der Waals surface area contributed by atoms with Crippen molar-refractivity contribution in [3.05, 3.63) is 28.8 Å². The first kappa shape index (κ1) is 17.9. The zero-order valence-electron chi connectivity index (χ0n) is 13.5. The molecule has 4 nitrogen and oxygen atoms in total. The lowest BCUT2D eigenvalue weighted by Gasteiger charge is -2.32. The second-order valence-corrected chi connectivity index (χ2v) is 7.26.